The molecule has 0 aromatic heterocycles. The van der Waals surface area contributed by atoms with Crippen LogP contribution >= 0.6 is 0 Å². The molecular weight excluding hydrogens is 289 g/mol. The molecule has 1 saturated carbocycles. The summed E-state index contributed by atoms with van der Waals surface area (Å²) in [5, 5.41) is 0. The van der Waals surface area contributed by atoms with E-state index in [4.69, 9.17) is 15.2 Å². The highest BCUT2D eigenvalue weighted by atomic mass is 19.1. The third-order valence-corrected chi connectivity index (χ3v) is 4.61. The molecular formula is C15H18FN3O3. The molecule has 0 bridgehead atoms. The quantitative estimate of drug-likeness (QED) is 0.886. The first-order valence-corrected chi connectivity index (χ1v) is 7.47. The lowest BCUT2D eigenvalue weighted by atomic mass is 10.2. The standard InChI is InChI=1S/C15H18FN3O3/c16-11-7-10(1-2-12(11)18-3-5-21-6-4-18)19-9-15(8-13(15)17)22-14(19)20/h1-2,7,13H,3-6,8-9,17H2/t13-,15-/m0/s1. The van der Waals surface area contributed by atoms with Crippen LogP contribution < -0.4 is 15.5 Å². The summed E-state index contributed by atoms with van der Waals surface area (Å²) in [6.45, 7) is 2.92. The number of ether oxygens (including phenoxy) is 2. The minimum atomic E-state index is -0.559. The summed E-state index contributed by atoms with van der Waals surface area (Å²) in [5.41, 5.74) is 6.31. The van der Waals surface area contributed by atoms with Crippen LogP contribution in [0.2, 0.25) is 0 Å². The fraction of sp³-hybridized carbons (Fsp3) is 0.533. The second-order valence-electron chi connectivity index (χ2n) is 6.06. The Hall–Kier alpha value is -1.86. The Morgan fingerprint density at radius 3 is 2.64 bits per heavy atom. The molecule has 6 nitrogen and oxygen atoms in total. The molecule has 2 atom stereocenters. The van der Waals surface area contributed by atoms with Crippen LogP contribution in [0, 0.1) is 5.82 Å². The van der Waals surface area contributed by atoms with Crippen molar-refractivity contribution in [1.82, 2.24) is 0 Å². The molecule has 3 fully saturated rings. The highest BCUT2D eigenvalue weighted by Crippen LogP contribution is 2.45. The van der Waals surface area contributed by atoms with Gasteiger partial charge in [0.15, 0.2) is 0 Å². The fourth-order valence-electron chi connectivity index (χ4n) is 3.13. The number of anilines is 2. The van der Waals surface area contributed by atoms with E-state index in [0.717, 1.165) is 0 Å². The molecule has 0 radical (unpaired) electrons. The Balaban J connectivity index is 1.56. The van der Waals surface area contributed by atoms with Crippen molar-refractivity contribution in [1.29, 1.82) is 0 Å². The number of amides is 1. The molecule has 1 aliphatic carbocycles. The maximum absolute atomic E-state index is 14.4. The summed E-state index contributed by atoms with van der Waals surface area (Å²) in [4.78, 5) is 15.4. The molecule has 3 aliphatic rings. The Labute approximate surface area is 127 Å². The number of carbonyl (C=O) groups is 1. The number of benzene rings is 1. The molecule has 0 unspecified atom stereocenters. The van der Waals surface area contributed by atoms with Gasteiger partial charge in [-0.05, 0) is 18.2 Å². The highest BCUT2D eigenvalue weighted by molar-refractivity contribution is 5.91. The Bertz CT molecular complexity index is 620. The van der Waals surface area contributed by atoms with Crippen LogP contribution in [0.25, 0.3) is 0 Å². The van der Waals surface area contributed by atoms with Crippen LogP contribution in [0.15, 0.2) is 18.2 Å². The molecule has 22 heavy (non-hydrogen) atoms. The first kappa shape index (κ1) is 13.8. The van der Waals surface area contributed by atoms with Crippen LogP contribution in [0.4, 0.5) is 20.6 Å². The third kappa shape index (κ3) is 2.12. The number of hydrogen-bond acceptors (Lipinski definition) is 5. The lowest BCUT2D eigenvalue weighted by Gasteiger charge is -2.29. The van der Waals surface area contributed by atoms with E-state index in [0.29, 0.717) is 50.6 Å². The molecule has 118 valence electrons. The average Bonchev–Trinajstić information content (AvgIpc) is 2.99. The normalized spacial score (nSPS) is 30.8. The number of nitrogens with zero attached hydrogens (tertiary/aromatic N) is 2. The van der Waals surface area contributed by atoms with Crippen molar-refractivity contribution in [2.75, 3.05) is 42.6 Å². The smallest absolute Gasteiger partial charge is 0.415 e. The van der Waals surface area contributed by atoms with Crippen molar-refractivity contribution in [3.63, 3.8) is 0 Å². The number of carbonyl (C=O) groups excluding carboxylic acids is 1. The summed E-state index contributed by atoms with van der Waals surface area (Å²) >= 11 is 0. The van der Waals surface area contributed by atoms with Crippen LogP contribution in [0.1, 0.15) is 6.42 Å². The van der Waals surface area contributed by atoms with Gasteiger partial charge in [-0.1, -0.05) is 0 Å². The van der Waals surface area contributed by atoms with E-state index in [9.17, 15) is 9.18 Å². The van der Waals surface area contributed by atoms with Crippen molar-refractivity contribution in [2.45, 2.75) is 18.1 Å². The predicted octanol–water partition coefficient (Wildman–Crippen LogP) is 1.09. The van der Waals surface area contributed by atoms with Gasteiger partial charge in [0.25, 0.3) is 0 Å². The van der Waals surface area contributed by atoms with Gasteiger partial charge in [-0.25, -0.2) is 9.18 Å². The van der Waals surface area contributed by atoms with E-state index in [1.807, 2.05) is 4.90 Å². The topological polar surface area (TPSA) is 68.0 Å². The van der Waals surface area contributed by atoms with Crippen molar-refractivity contribution in [3.8, 4) is 0 Å². The van der Waals surface area contributed by atoms with E-state index >= 15 is 0 Å². The Morgan fingerprint density at radius 2 is 2.05 bits per heavy atom. The molecule has 2 saturated heterocycles. The van der Waals surface area contributed by atoms with E-state index < -0.39 is 11.7 Å². The molecule has 7 heteroatoms. The second-order valence-corrected chi connectivity index (χ2v) is 6.06. The number of nitrogens with two attached hydrogens (primary N) is 1. The third-order valence-electron chi connectivity index (χ3n) is 4.61. The molecule has 1 amide bonds. The van der Waals surface area contributed by atoms with Gasteiger partial charge in [0, 0.05) is 19.5 Å². The minimum absolute atomic E-state index is 0.112. The number of morpholine rings is 1. The van der Waals surface area contributed by atoms with Crippen molar-refractivity contribution >= 4 is 17.5 Å². The molecule has 1 aromatic rings. The van der Waals surface area contributed by atoms with E-state index in [2.05, 4.69) is 0 Å². The molecule has 1 aromatic carbocycles. The minimum Gasteiger partial charge on any atom is -0.439 e. The molecule has 2 heterocycles. The first-order valence-electron chi connectivity index (χ1n) is 7.47. The van der Waals surface area contributed by atoms with E-state index in [1.165, 1.54) is 11.0 Å². The molecule has 1 spiro atoms. The SMILES string of the molecule is N[C@H]1C[C@]12CN(c1ccc(N3CCOCC3)c(F)c1)C(=O)O2. The molecule has 2 aliphatic heterocycles. The lowest BCUT2D eigenvalue weighted by molar-refractivity contribution is 0.122. The number of hydrogen-bond donors (Lipinski definition) is 1. The van der Waals surface area contributed by atoms with Crippen LogP contribution in [0.3, 0.4) is 0 Å². The summed E-state index contributed by atoms with van der Waals surface area (Å²) in [5.74, 6) is -0.340. The lowest BCUT2D eigenvalue weighted by Crippen LogP contribution is -2.36. The van der Waals surface area contributed by atoms with Gasteiger partial charge < -0.3 is 20.1 Å². The van der Waals surface area contributed by atoms with Crippen molar-refractivity contribution < 1.29 is 18.7 Å². The molecule has 2 N–H and O–H groups in total. The zero-order valence-electron chi connectivity index (χ0n) is 12.1. The van der Waals surface area contributed by atoms with Gasteiger partial charge in [-0.2, -0.15) is 0 Å². The van der Waals surface area contributed by atoms with Crippen molar-refractivity contribution in [3.05, 3.63) is 24.0 Å². The Morgan fingerprint density at radius 1 is 1.32 bits per heavy atom. The maximum atomic E-state index is 14.4. The van der Waals surface area contributed by atoms with Crippen LogP contribution in [-0.4, -0.2) is 50.6 Å². The van der Waals surface area contributed by atoms with Crippen LogP contribution in [-0.2, 0) is 9.47 Å². The average molecular weight is 307 g/mol. The first-order chi connectivity index (χ1) is 10.6. The second kappa shape index (κ2) is 4.82. The van der Waals surface area contributed by atoms with Gasteiger partial charge in [-0.3, -0.25) is 4.90 Å². The zero-order chi connectivity index (χ0) is 15.3. The van der Waals surface area contributed by atoms with Gasteiger partial charge >= 0.3 is 6.09 Å². The van der Waals surface area contributed by atoms with Crippen LogP contribution in [0.5, 0.6) is 0 Å². The zero-order valence-corrected chi connectivity index (χ0v) is 12.1. The summed E-state index contributed by atoms with van der Waals surface area (Å²) in [7, 11) is 0. The fourth-order valence-corrected chi connectivity index (χ4v) is 3.13. The van der Waals surface area contributed by atoms with E-state index in [1.54, 1.807) is 12.1 Å². The largest absolute Gasteiger partial charge is 0.439 e. The van der Waals surface area contributed by atoms with Crippen molar-refractivity contribution in [2.24, 2.45) is 5.73 Å². The summed E-state index contributed by atoms with van der Waals surface area (Å²) in [6, 6.07) is 4.74. The predicted molar refractivity (Wildman–Crippen MR) is 78.6 cm³/mol. The number of rotatable bonds is 2. The maximum Gasteiger partial charge on any atom is 0.415 e. The van der Waals surface area contributed by atoms with Gasteiger partial charge in [0.05, 0.1) is 37.2 Å². The van der Waals surface area contributed by atoms with Gasteiger partial charge in [0.1, 0.15) is 11.4 Å². The summed E-state index contributed by atoms with van der Waals surface area (Å²) < 4.78 is 25.0. The van der Waals surface area contributed by atoms with E-state index in [-0.39, 0.29) is 11.9 Å². The summed E-state index contributed by atoms with van der Waals surface area (Å²) in [6.07, 6.45) is 0.218. The number of halogens is 1. The molecule has 4 rings (SSSR count). The van der Waals surface area contributed by atoms with Gasteiger partial charge in [0.2, 0.25) is 0 Å². The highest BCUT2D eigenvalue weighted by Gasteiger charge is 2.62. The Kier molecular flexibility index (Phi) is 3.02. The van der Waals surface area contributed by atoms with Gasteiger partial charge in [-0.15, -0.1) is 0 Å². The monoisotopic (exact) mass is 307 g/mol.